The van der Waals surface area contributed by atoms with Crippen molar-refractivity contribution < 1.29 is 14.4 Å². The molecule has 2 aromatic rings. The lowest BCUT2D eigenvalue weighted by Gasteiger charge is -2.09. The van der Waals surface area contributed by atoms with Crippen LogP contribution in [0, 0.1) is 0 Å². The van der Waals surface area contributed by atoms with Gasteiger partial charge in [0, 0.05) is 23.9 Å². The van der Waals surface area contributed by atoms with Gasteiger partial charge in [-0.3, -0.25) is 14.4 Å². The Morgan fingerprint density at radius 1 is 0.870 bits per heavy atom. The Morgan fingerprint density at radius 2 is 1.52 bits per heavy atom. The second-order valence-corrected chi connectivity index (χ2v) is 4.86. The molecule has 23 heavy (non-hydrogen) atoms. The molecule has 118 valence electrons. The maximum atomic E-state index is 11.9. The molecule has 0 atom stereocenters. The van der Waals surface area contributed by atoms with E-state index in [4.69, 9.17) is 0 Å². The van der Waals surface area contributed by atoms with Gasteiger partial charge in [0.15, 0.2) is 0 Å². The Balaban J connectivity index is 1.87. The summed E-state index contributed by atoms with van der Waals surface area (Å²) in [7, 11) is 0. The van der Waals surface area contributed by atoms with Gasteiger partial charge in [0.2, 0.25) is 11.8 Å². The van der Waals surface area contributed by atoms with Crippen LogP contribution in [0.15, 0.2) is 54.6 Å². The number of carbonyl (C=O) groups is 3. The second kappa shape index (κ2) is 7.74. The van der Waals surface area contributed by atoms with Crippen molar-refractivity contribution in [2.24, 2.45) is 0 Å². The van der Waals surface area contributed by atoms with Crippen molar-refractivity contribution in [2.75, 3.05) is 17.2 Å². The molecule has 6 heteroatoms. The summed E-state index contributed by atoms with van der Waals surface area (Å²) in [5, 5.41) is 7.83. The van der Waals surface area contributed by atoms with Crippen molar-refractivity contribution >= 4 is 29.1 Å². The standard InChI is InChI=1S/C17H17N3O3/c1-12(21)19-14-8-5-9-15(10-14)20-16(22)11-18-17(23)13-6-3-2-4-7-13/h2-10H,11H2,1H3,(H,18,23)(H,19,21)(H,20,22). The maximum Gasteiger partial charge on any atom is 0.251 e. The molecule has 3 amide bonds. The first-order chi connectivity index (χ1) is 11.0. The van der Waals surface area contributed by atoms with E-state index in [0.717, 1.165) is 0 Å². The third-order valence-electron chi connectivity index (χ3n) is 2.91. The minimum atomic E-state index is -0.353. The summed E-state index contributed by atoms with van der Waals surface area (Å²) >= 11 is 0. The van der Waals surface area contributed by atoms with Gasteiger partial charge in [0.05, 0.1) is 6.54 Å². The smallest absolute Gasteiger partial charge is 0.251 e. The van der Waals surface area contributed by atoms with Crippen LogP contribution >= 0.6 is 0 Å². The van der Waals surface area contributed by atoms with E-state index in [1.807, 2.05) is 6.07 Å². The first kappa shape index (κ1) is 16.2. The first-order valence-corrected chi connectivity index (χ1v) is 7.05. The zero-order valence-corrected chi connectivity index (χ0v) is 12.6. The second-order valence-electron chi connectivity index (χ2n) is 4.86. The minimum absolute atomic E-state index is 0.141. The van der Waals surface area contributed by atoms with E-state index in [9.17, 15) is 14.4 Å². The monoisotopic (exact) mass is 311 g/mol. The van der Waals surface area contributed by atoms with Crippen LogP contribution in [0.2, 0.25) is 0 Å². The third-order valence-corrected chi connectivity index (χ3v) is 2.91. The maximum absolute atomic E-state index is 11.9. The third kappa shape index (κ3) is 5.28. The van der Waals surface area contributed by atoms with Gasteiger partial charge < -0.3 is 16.0 Å². The van der Waals surface area contributed by atoms with Gasteiger partial charge in [-0.25, -0.2) is 0 Å². The Morgan fingerprint density at radius 3 is 2.17 bits per heavy atom. The van der Waals surface area contributed by atoms with Crippen LogP contribution in [0.25, 0.3) is 0 Å². The fourth-order valence-corrected chi connectivity index (χ4v) is 1.94. The molecule has 0 fully saturated rings. The Kier molecular flexibility index (Phi) is 5.46. The molecule has 0 unspecified atom stereocenters. The lowest BCUT2D eigenvalue weighted by atomic mass is 10.2. The fraction of sp³-hybridized carbons (Fsp3) is 0.118. The van der Waals surface area contributed by atoms with Crippen molar-refractivity contribution in [3.63, 3.8) is 0 Å². The average molecular weight is 311 g/mol. The Bertz CT molecular complexity index is 714. The average Bonchev–Trinajstić information content (AvgIpc) is 2.53. The highest BCUT2D eigenvalue weighted by atomic mass is 16.2. The highest BCUT2D eigenvalue weighted by Gasteiger charge is 2.08. The molecule has 0 aromatic heterocycles. The largest absolute Gasteiger partial charge is 0.343 e. The molecule has 0 aliphatic carbocycles. The van der Waals surface area contributed by atoms with Gasteiger partial charge in [-0.1, -0.05) is 24.3 Å². The molecule has 2 rings (SSSR count). The molecule has 0 aliphatic rings. The predicted molar refractivity (Wildman–Crippen MR) is 88.2 cm³/mol. The number of rotatable bonds is 5. The van der Waals surface area contributed by atoms with Crippen molar-refractivity contribution in [3.8, 4) is 0 Å². The first-order valence-electron chi connectivity index (χ1n) is 7.05. The SMILES string of the molecule is CC(=O)Nc1cccc(NC(=O)CNC(=O)c2ccccc2)c1. The van der Waals surface area contributed by atoms with E-state index in [0.29, 0.717) is 16.9 Å². The number of nitrogens with one attached hydrogen (secondary N) is 3. The number of anilines is 2. The van der Waals surface area contributed by atoms with Crippen LogP contribution in [-0.2, 0) is 9.59 Å². The number of amides is 3. The summed E-state index contributed by atoms with van der Waals surface area (Å²) in [5.74, 6) is -0.856. The van der Waals surface area contributed by atoms with Gasteiger partial charge in [-0.15, -0.1) is 0 Å². The quantitative estimate of drug-likeness (QED) is 0.789. The summed E-state index contributed by atoms with van der Waals surface area (Å²) in [6.07, 6.45) is 0. The zero-order valence-electron chi connectivity index (χ0n) is 12.6. The summed E-state index contributed by atoms with van der Waals surface area (Å²) in [6, 6.07) is 15.4. The van der Waals surface area contributed by atoms with E-state index < -0.39 is 0 Å². The molecule has 0 spiro atoms. The van der Waals surface area contributed by atoms with E-state index in [2.05, 4.69) is 16.0 Å². The zero-order chi connectivity index (χ0) is 16.7. The van der Waals surface area contributed by atoms with Gasteiger partial charge in [-0.05, 0) is 30.3 Å². The molecule has 0 saturated carbocycles. The van der Waals surface area contributed by atoms with Gasteiger partial charge >= 0.3 is 0 Å². The number of carbonyl (C=O) groups excluding carboxylic acids is 3. The van der Waals surface area contributed by atoms with E-state index >= 15 is 0 Å². The van der Waals surface area contributed by atoms with Crippen molar-refractivity contribution in [3.05, 3.63) is 60.2 Å². The summed E-state index contributed by atoms with van der Waals surface area (Å²) < 4.78 is 0. The summed E-state index contributed by atoms with van der Waals surface area (Å²) in [6.45, 7) is 1.27. The predicted octanol–water partition coefficient (Wildman–Crippen LogP) is 2.01. The molecule has 0 bridgehead atoms. The van der Waals surface area contributed by atoms with Crippen LogP contribution in [0.5, 0.6) is 0 Å². The van der Waals surface area contributed by atoms with Crippen LogP contribution in [0.4, 0.5) is 11.4 Å². The highest BCUT2D eigenvalue weighted by Crippen LogP contribution is 2.14. The molecule has 0 heterocycles. The van der Waals surface area contributed by atoms with Gasteiger partial charge in [0.1, 0.15) is 0 Å². The molecular weight excluding hydrogens is 294 g/mol. The van der Waals surface area contributed by atoms with Crippen LogP contribution in [0.3, 0.4) is 0 Å². The number of hydrogen-bond donors (Lipinski definition) is 3. The lowest BCUT2D eigenvalue weighted by Crippen LogP contribution is -2.32. The molecule has 3 N–H and O–H groups in total. The van der Waals surface area contributed by atoms with Crippen molar-refractivity contribution in [1.29, 1.82) is 0 Å². The summed E-state index contributed by atoms with van der Waals surface area (Å²) in [4.78, 5) is 34.7. The number of hydrogen-bond acceptors (Lipinski definition) is 3. The Hall–Kier alpha value is -3.15. The topological polar surface area (TPSA) is 87.3 Å². The normalized spacial score (nSPS) is 9.78. The molecule has 0 saturated heterocycles. The van der Waals surface area contributed by atoms with Crippen molar-refractivity contribution in [2.45, 2.75) is 6.92 Å². The van der Waals surface area contributed by atoms with Crippen LogP contribution in [0.1, 0.15) is 17.3 Å². The van der Waals surface area contributed by atoms with Crippen LogP contribution < -0.4 is 16.0 Å². The van der Waals surface area contributed by atoms with Crippen LogP contribution in [-0.4, -0.2) is 24.3 Å². The molecule has 6 nitrogen and oxygen atoms in total. The minimum Gasteiger partial charge on any atom is -0.343 e. The molecule has 2 aromatic carbocycles. The number of benzene rings is 2. The lowest BCUT2D eigenvalue weighted by molar-refractivity contribution is -0.115. The van der Waals surface area contributed by atoms with Crippen molar-refractivity contribution in [1.82, 2.24) is 5.32 Å². The Labute approximate surface area is 133 Å². The van der Waals surface area contributed by atoms with Gasteiger partial charge in [0.25, 0.3) is 5.91 Å². The fourth-order valence-electron chi connectivity index (χ4n) is 1.94. The van der Waals surface area contributed by atoms with E-state index in [1.54, 1.807) is 48.5 Å². The van der Waals surface area contributed by atoms with Gasteiger partial charge in [-0.2, -0.15) is 0 Å². The molecule has 0 aliphatic heterocycles. The van der Waals surface area contributed by atoms with E-state index in [-0.39, 0.29) is 24.3 Å². The molecular formula is C17H17N3O3. The van der Waals surface area contributed by atoms with E-state index in [1.165, 1.54) is 6.92 Å². The summed E-state index contributed by atoms with van der Waals surface area (Å²) in [5.41, 5.74) is 1.62. The molecule has 0 radical (unpaired) electrons. The highest BCUT2D eigenvalue weighted by molar-refractivity contribution is 5.99.